The van der Waals surface area contributed by atoms with Gasteiger partial charge < -0.3 is 15.8 Å². The summed E-state index contributed by atoms with van der Waals surface area (Å²) < 4.78 is 4.71. The molecule has 0 aliphatic carbocycles. The van der Waals surface area contributed by atoms with E-state index in [1.807, 2.05) is 18.2 Å². The monoisotopic (exact) mass is 453 g/mol. The number of guanidine groups is 1. The molecule has 0 unspecified atom stereocenters. The molecule has 0 atom stereocenters. The number of methoxy groups -OCH3 is 1. The molecule has 134 valence electrons. The summed E-state index contributed by atoms with van der Waals surface area (Å²) in [4.78, 5) is 15.9. The van der Waals surface area contributed by atoms with Gasteiger partial charge in [0.05, 0.1) is 19.2 Å². The van der Waals surface area contributed by atoms with Gasteiger partial charge in [-0.1, -0.05) is 38.1 Å². The maximum atomic E-state index is 11.5. The molecule has 5 nitrogen and oxygen atoms in total. The molecule has 0 aromatic heterocycles. The number of nitrogens with zero attached hydrogens (tertiary/aromatic N) is 1. The van der Waals surface area contributed by atoms with Gasteiger partial charge in [0.2, 0.25) is 0 Å². The van der Waals surface area contributed by atoms with Gasteiger partial charge in [0, 0.05) is 5.69 Å². The van der Waals surface area contributed by atoms with Gasteiger partial charge in [0.25, 0.3) is 0 Å². The summed E-state index contributed by atoms with van der Waals surface area (Å²) in [5.74, 6) is 0.419. The van der Waals surface area contributed by atoms with Crippen LogP contribution in [0.3, 0.4) is 0 Å². The largest absolute Gasteiger partial charge is 0.465 e. The summed E-state index contributed by atoms with van der Waals surface area (Å²) >= 11 is 0. The zero-order valence-electron chi connectivity index (χ0n) is 14.7. The summed E-state index contributed by atoms with van der Waals surface area (Å²) in [5, 5.41) is 3.09. The first kappa shape index (κ1) is 21.0. The van der Waals surface area contributed by atoms with E-state index in [1.165, 1.54) is 12.7 Å². The van der Waals surface area contributed by atoms with Crippen LogP contribution >= 0.6 is 24.0 Å². The van der Waals surface area contributed by atoms with Crippen molar-refractivity contribution < 1.29 is 9.53 Å². The third kappa shape index (κ3) is 6.38. The molecule has 0 heterocycles. The average molecular weight is 453 g/mol. The number of nitrogens with one attached hydrogen (secondary N) is 1. The number of aliphatic imine (C=N–C) groups is 1. The average Bonchev–Trinajstić information content (AvgIpc) is 2.59. The minimum absolute atomic E-state index is 0. The lowest BCUT2D eigenvalue weighted by atomic mass is 10.0. The number of hydrogen-bond donors (Lipinski definition) is 2. The lowest BCUT2D eigenvalue weighted by Gasteiger charge is -2.10. The second kappa shape index (κ2) is 10.0. The molecule has 0 spiro atoms. The molecule has 0 radical (unpaired) electrons. The Labute approximate surface area is 165 Å². The van der Waals surface area contributed by atoms with Gasteiger partial charge in [0.1, 0.15) is 0 Å². The molecule has 0 saturated carbocycles. The van der Waals surface area contributed by atoms with Gasteiger partial charge in [-0.2, -0.15) is 0 Å². The normalized spacial score (nSPS) is 11.0. The van der Waals surface area contributed by atoms with Gasteiger partial charge >= 0.3 is 5.97 Å². The highest BCUT2D eigenvalue weighted by atomic mass is 127. The topological polar surface area (TPSA) is 76.7 Å². The molecule has 6 heteroatoms. The Bertz CT molecular complexity index is 745. The zero-order valence-corrected chi connectivity index (χ0v) is 17.0. The van der Waals surface area contributed by atoms with Crippen LogP contribution in [0.2, 0.25) is 0 Å². The number of benzene rings is 2. The second-order valence-corrected chi connectivity index (χ2v) is 5.80. The number of hydrogen-bond acceptors (Lipinski definition) is 3. The summed E-state index contributed by atoms with van der Waals surface area (Å²) in [6.45, 7) is 4.67. The third-order valence-corrected chi connectivity index (χ3v) is 3.61. The highest BCUT2D eigenvalue weighted by Crippen LogP contribution is 2.18. The Morgan fingerprint density at radius 1 is 1.20 bits per heavy atom. The van der Waals surface area contributed by atoms with Crippen LogP contribution in [0.4, 0.5) is 5.69 Å². The molecule has 0 amide bonds. The van der Waals surface area contributed by atoms with Crippen molar-refractivity contribution in [2.24, 2.45) is 10.7 Å². The minimum Gasteiger partial charge on any atom is -0.465 e. The molecule has 0 saturated heterocycles. The number of carbonyl (C=O) groups excluding carboxylic acids is 1. The Balaban J connectivity index is 0.00000312. The van der Waals surface area contributed by atoms with E-state index in [0.717, 1.165) is 11.3 Å². The Morgan fingerprint density at radius 3 is 2.60 bits per heavy atom. The van der Waals surface area contributed by atoms with E-state index >= 15 is 0 Å². The SMILES string of the molecule is COC(=O)c1cccc(CN=C(N)Nc2cccc(C(C)C)c2)c1.I. The molecular weight excluding hydrogens is 429 g/mol. The van der Waals surface area contributed by atoms with E-state index in [4.69, 9.17) is 10.5 Å². The molecule has 2 aromatic carbocycles. The lowest BCUT2D eigenvalue weighted by molar-refractivity contribution is 0.0600. The van der Waals surface area contributed by atoms with Gasteiger partial charge in [0.15, 0.2) is 5.96 Å². The fraction of sp³-hybridized carbons (Fsp3) is 0.263. The fourth-order valence-corrected chi connectivity index (χ4v) is 2.25. The molecule has 0 fully saturated rings. The predicted molar refractivity (Wildman–Crippen MR) is 113 cm³/mol. The Kier molecular flexibility index (Phi) is 8.40. The predicted octanol–water partition coefficient (Wildman–Crippen LogP) is 4.14. The lowest BCUT2D eigenvalue weighted by Crippen LogP contribution is -2.22. The van der Waals surface area contributed by atoms with Gasteiger partial charge in [-0.05, 0) is 41.3 Å². The zero-order chi connectivity index (χ0) is 17.5. The number of esters is 1. The molecule has 25 heavy (non-hydrogen) atoms. The number of anilines is 1. The van der Waals surface area contributed by atoms with Crippen molar-refractivity contribution in [1.29, 1.82) is 0 Å². The fourth-order valence-electron chi connectivity index (χ4n) is 2.25. The first-order valence-electron chi connectivity index (χ1n) is 7.83. The van der Waals surface area contributed by atoms with Crippen LogP contribution in [0.25, 0.3) is 0 Å². The molecule has 0 aliphatic heterocycles. The number of nitrogens with two attached hydrogens (primary N) is 1. The highest BCUT2D eigenvalue weighted by molar-refractivity contribution is 14.0. The van der Waals surface area contributed by atoms with Crippen molar-refractivity contribution in [3.05, 3.63) is 65.2 Å². The number of halogens is 1. The van der Waals surface area contributed by atoms with Gasteiger partial charge in [-0.25, -0.2) is 9.79 Å². The summed E-state index contributed by atoms with van der Waals surface area (Å²) in [6, 6.07) is 15.2. The third-order valence-electron chi connectivity index (χ3n) is 3.61. The summed E-state index contributed by atoms with van der Waals surface area (Å²) in [5.41, 5.74) is 9.48. The van der Waals surface area contributed by atoms with E-state index < -0.39 is 0 Å². The maximum absolute atomic E-state index is 11.5. The highest BCUT2D eigenvalue weighted by Gasteiger charge is 2.05. The summed E-state index contributed by atoms with van der Waals surface area (Å²) in [7, 11) is 1.36. The molecule has 0 bridgehead atoms. The van der Waals surface area contributed by atoms with Crippen LogP contribution < -0.4 is 11.1 Å². The number of carbonyl (C=O) groups is 1. The summed E-state index contributed by atoms with van der Waals surface area (Å²) in [6.07, 6.45) is 0. The van der Waals surface area contributed by atoms with Crippen LogP contribution in [0.5, 0.6) is 0 Å². The van der Waals surface area contributed by atoms with E-state index in [9.17, 15) is 4.79 Å². The van der Waals surface area contributed by atoms with Crippen LogP contribution in [-0.4, -0.2) is 19.0 Å². The first-order chi connectivity index (χ1) is 11.5. The Hall–Kier alpha value is -2.09. The molecule has 0 aliphatic rings. The van der Waals surface area contributed by atoms with Crippen LogP contribution in [0.1, 0.15) is 41.3 Å². The van der Waals surface area contributed by atoms with Crippen LogP contribution in [-0.2, 0) is 11.3 Å². The van der Waals surface area contributed by atoms with Crippen LogP contribution in [0.15, 0.2) is 53.5 Å². The Morgan fingerprint density at radius 2 is 1.92 bits per heavy atom. The molecule has 2 aromatic rings. The van der Waals surface area contributed by atoms with E-state index in [-0.39, 0.29) is 29.9 Å². The maximum Gasteiger partial charge on any atom is 0.337 e. The van der Waals surface area contributed by atoms with Gasteiger partial charge in [-0.3, -0.25) is 0 Å². The van der Waals surface area contributed by atoms with E-state index in [2.05, 4.69) is 36.3 Å². The van der Waals surface area contributed by atoms with Gasteiger partial charge in [-0.15, -0.1) is 24.0 Å². The first-order valence-corrected chi connectivity index (χ1v) is 7.83. The van der Waals surface area contributed by atoms with Crippen molar-refractivity contribution in [3.63, 3.8) is 0 Å². The van der Waals surface area contributed by atoms with Crippen molar-refractivity contribution in [2.45, 2.75) is 26.3 Å². The van der Waals surface area contributed by atoms with Crippen molar-refractivity contribution >= 4 is 41.6 Å². The van der Waals surface area contributed by atoms with Crippen molar-refractivity contribution in [1.82, 2.24) is 0 Å². The van der Waals surface area contributed by atoms with Crippen LogP contribution in [0, 0.1) is 0 Å². The standard InChI is InChI=1S/C19H23N3O2.HI/c1-13(2)15-7-5-9-17(11-15)22-19(20)21-12-14-6-4-8-16(10-14)18(23)24-3;/h4-11,13H,12H2,1-3H3,(H3,20,21,22);1H. The molecular formula is C19H24IN3O2. The van der Waals surface area contributed by atoms with E-state index in [1.54, 1.807) is 18.2 Å². The molecule has 3 N–H and O–H groups in total. The van der Waals surface area contributed by atoms with Crippen molar-refractivity contribution in [2.75, 3.05) is 12.4 Å². The second-order valence-electron chi connectivity index (χ2n) is 5.80. The minimum atomic E-state index is -0.363. The van der Waals surface area contributed by atoms with Crippen molar-refractivity contribution in [3.8, 4) is 0 Å². The number of ether oxygens (including phenoxy) is 1. The number of rotatable bonds is 5. The smallest absolute Gasteiger partial charge is 0.337 e. The molecule has 2 rings (SSSR count). The quantitative estimate of drug-likeness (QED) is 0.309. The van der Waals surface area contributed by atoms with E-state index in [0.29, 0.717) is 24.0 Å².